The fourth-order valence-electron chi connectivity index (χ4n) is 4.26. The Bertz CT molecular complexity index is 727. The van der Waals surface area contributed by atoms with Crippen molar-refractivity contribution in [3.63, 3.8) is 0 Å². The van der Waals surface area contributed by atoms with Gasteiger partial charge in [-0.15, -0.1) is 0 Å². The van der Waals surface area contributed by atoms with E-state index in [9.17, 15) is 22.0 Å². The van der Waals surface area contributed by atoms with Crippen molar-refractivity contribution in [3.8, 4) is 0 Å². The zero-order valence-electron chi connectivity index (χ0n) is 23.6. The van der Waals surface area contributed by atoms with E-state index in [1.807, 2.05) is 20.8 Å². The Morgan fingerprint density at radius 1 is 0.526 bits per heavy atom. The molecule has 0 radical (unpaired) electrons. The van der Waals surface area contributed by atoms with Gasteiger partial charge < -0.3 is 18.9 Å². The number of hydrogen-bond donors (Lipinski definition) is 0. The topological polar surface area (TPSA) is 36.9 Å². The number of rotatable bonds is 23. The zero-order chi connectivity index (χ0) is 28.4. The Labute approximate surface area is 225 Å². The molecule has 0 bridgehead atoms. The number of unbranched alkanes of at least 4 members (excludes halogenated alkanes) is 5. The van der Waals surface area contributed by atoms with E-state index in [-0.39, 0.29) is 12.5 Å². The quantitative estimate of drug-likeness (QED) is 0.0445. The summed E-state index contributed by atoms with van der Waals surface area (Å²) < 4.78 is 92.2. The minimum absolute atomic E-state index is 0.0674. The third-order valence-corrected chi connectivity index (χ3v) is 6.32. The van der Waals surface area contributed by atoms with E-state index in [4.69, 9.17) is 18.9 Å². The van der Waals surface area contributed by atoms with Crippen LogP contribution in [0.4, 0.5) is 22.0 Å². The highest BCUT2D eigenvalue weighted by Gasteiger charge is 2.42. The molecule has 4 nitrogen and oxygen atoms in total. The highest BCUT2D eigenvalue weighted by Crippen LogP contribution is 2.35. The molecule has 1 atom stereocenters. The minimum Gasteiger partial charge on any atom is -0.377 e. The molecular weight excluding hydrogens is 507 g/mol. The molecule has 0 aromatic heterocycles. The smallest absolute Gasteiger partial charge is 0.285 e. The second-order valence-corrected chi connectivity index (χ2v) is 9.65. The van der Waals surface area contributed by atoms with Gasteiger partial charge in [0.25, 0.3) is 5.97 Å². The summed E-state index contributed by atoms with van der Waals surface area (Å²) in [7, 11) is 0. The van der Waals surface area contributed by atoms with Crippen LogP contribution in [0.2, 0.25) is 0 Å². The van der Waals surface area contributed by atoms with Gasteiger partial charge in [0.2, 0.25) is 5.82 Å². The van der Waals surface area contributed by atoms with Crippen molar-refractivity contribution in [1.82, 2.24) is 0 Å². The van der Waals surface area contributed by atoms with Crippen LogP contribution in [0.5, 0.6) is 0 Å². The molecule has 0 aliphatic rings. The first-order valence-corrected chi connectivity index (χ1v) is 14.3. The molecule has 0 aliphatic heterocycles. The lowest BCUT2D eigenvalue weighted by atomic mass is 9.93. The van der Waals surface area contributed by atoms with Gasteiger partial charge >= 0.3 is 0 Å². The van der Waals surface area contributed by atoms with Gasteiger partial charge in [-0.2, -0.15) is 0 Å². The first kappa shape index (κ1) is 34.7. The number of halogens is 5. The van der Waals surface area contributed by atoms with Crippen LogP contribution in [-0.4, -0.2) is 32.4 Å². The van der Waals surface area contributed by atoms with Gasteiger partial charge in [0, 0.05) is 12.5 Å². The van der Waals surface area contributed by atoms with Gasteiger partial charge in [-0.3, -0.25) is 0 Å². The summed E-state index contributed by atoms with van der Waals surface area (Å²) >= 11 is 0. The standard InChI is InChI=1S/C29H47F5O4/c1-5-9-10-11-12-13-15-22(29(36-17-6-2,37-18-7-3)38-19-8-4)16-14-20-35-21-23-24(30)26(32)28(34)27(33)25(23)31/h22H,5-21H2,1-4H3. The van der Waals surface area contributed by atoms with Gasteiger partial charge in [-0.1, -0.05) is 66.2 Å². The molecule has 0 saturated heterocycles. The highest BCUT2D eigenvalue weighted by molar-refractivity contribution is 5.23. The van der Waals surface area contributed by atoms with E-state index in [1.54, 1.807) is 0 Å². The number of hydrogen-bond acceptors (Lipinski definition) is 4. The van der Waals surface area contributed by atoms with Crippen LogP contribution in [0.3, 0.4) is 0 Å². The lowest BCUT2D eigenvalue weighted by Gasteiger charge is -2.40. The summed E-state index contributed by atoms with van der Waals surface area (Å²) in [4.78, 5) is 0. The maximum Gasteiger partial charge on any atom is 0.285 e. The first-order chi connectivity index (χ1) is 18.3. The molecule has 0 saturated carbocycles. The zero-order valence-corrected chi connectivity index (χ0v) is 23.6. The van der Waals surface area contributed by atoms with Crippen molar-refractivity contribution < 1.29 is 40.9 Å². The fraction of sp³-hybridized carbons (Fsp3) is 0.793. The lowest BCUT2D eigenvalue weighted by Crippen LogP contribution is -2.47. The average molecular weight is 555 g/mol. The van der Waals surface area contributed by atoms with E-state index in [0.29, 0.717) is 32.7 Å². The van der Waals surface area contributed by atoms with Crippen molar-refractivity contribution in [2.24, 2.45) is 5.92 Å². The monoisotopic (exact) mass is 554 g/mol. The second kappa shape index (κ2) is 19.7. The average Bonchev–Trinajstić information content (AvgIpc) is 2.92. The molecule has 0 aliphatic carbocycles. The van der Waals surface area contributed by atoms with Crippen molar-refractivity contribution in [3.05, 3.63) is 34.6 Å². The molecule has 38 heavy (non-hydrogen) atoms. The predicted molar refractivity (Wildman–Crippen MR) is 138 cm³/mol. The van der Waals surface area contributed by atoms with E-state index >= 15 is 0 Å². The SMILES string of the molecule is CCCCCCCCC(CCCOCc1c(F)c(F)c(F)c(F)c1F)C(OCCC)(OCCC)OCCC. The fourth-order valence-corrected chi connectivity index (χ4v) is 4.26. The van der Waals surface area contributed by atoms with Crippen molar-refractivity contribution in [1.29, 1.82) is 0 Å². The van der Waals surface area contributed by atoms with Crippen LogP contribution in [0.25, 0.3) is 0 Å². The third kappa shape index (κ3) is 11.1. The molecule has 0 spiro atoms. The number of ether oxygens (including phenoxy) is 4. The molecule has 9 heteroatoms. The predicted octanol–water partition coefficient (Wildman–Crippen LogP) is 8.98. The van der Waals surface area contributed by atoms with Gasteiger partial charge in [-0.25, -0.2) is 22.0 Å². The molecule has 0 amide bonds. The van der Waals surface area contributed by atoms with E-state index in [0.717, 1.165) is 44.9 Å². The Morgan fingerprint density at radius 3 is 1.47 bits per heavy atom. The molecule has 1 unspecified atom stereocenters. The van der Waals surface area contributed by atoms with Gasteiger partial charge in [0.05, 0.1) is 32.0 Å². The van der Waals surface area contributed by atoms with Crippen LogP contribution in [-0.2, 0) is 25.6 Å². The highest BCUT2D eigenvalue weighted by atomic mass is 19.2. The van der Waals surface area contributed by atoms with E-state index < -0.39 is 47.2 Å². The molecule has 1 rings (SSSR count). The first-order valence-electron chi connectivity index (χ1n) is 14.3. The molecule has 0 fully saturated rings. The van der Waals surface area contributed by atoms with E-state index in [1.165, 1.54) is 19.3 Å². The maximum atomic E-state index is 14.0. The Balaban J connectivity index is 2.91. The van der Waals surface area contributed by atoms with Crippen LogP contribution < -0.4 is 0 Å². The summed E-state index contributed by atoms with van der Waals surface area (Å²) in [5, 5.41) is 0. The van der Waals surface area contributed by atoms with Gasteiger partial charge in [0.1, 0.15) is 0 Å². The molecule has 1 aromatic rings. The van der Waals surface area contributed by atoms with E-state index in [2.05, 4.69) is 6.92 Å². The second-order valence-electron chi connectivity index (χ2n) is 9.65. The van der Waals surface area contributed by atoms with Crippen LogP contribution in [0.15, 0.2) is 0 Å². The molecule has 222 valence electrons. The van der Waals surface area contributed by atoms with Crippen molar-refractivity contribution in [2.45, 2.75) is 117 Å². The largest absolute Gasteiger partial charge is 0.377 e. The third-order valence-electron chi connectivity index (χ3n) is 6.32. The summed E-state index contributed by atoms with van der Waals surface area (Å²) in [6.07, 6.45) is 11.0. The summed E-state index contributed by atoms with van der Waals surface area (Å²) in [6.45, 7) is 8.98. The van der Waals surface area contributed by atoms with Gasteiger partial charge in [0.15, 0.2) is 23.3 Å². The van der Waals surface area contributed by atoms with Crippen molar-refractivity contribution in [2.75, 3.05) is 26.4 Å². The molecule has 0 N–H and O–H groups in total. The normalized spacial score (nSPS) is 12.9. The summed E-state index contributed by atoms with van der Waals surface area (Å²) in [5.74, 6) is -11.2. The lowest BCUT2D eigenvalue weighted by molar-refractivity contribution is -0.407. The van der Waals surface area contributed by atoms with Crippen LogP contribution in [0, 0.1) is 35.0 Å². The maximum absolute atomic E-state index is 14.0. The molecule has 1 aromatic carbocycles. The Hall–Kier alpha value is -1.29. The van der Waals surface area contributed by atoms with Gasteiger partial charge in [-0.05, 0) is 38.5 Å². The van der Waals surface area contributed by atoms with Crippen molar-refractivity contribution >= 4 is 0 Å². The summed E-state index contributed by atoms with van der Waals surface area (Å²) in [5.41, 5.74) is -0.969. The molecule has 0 heterocycles. The summed E-state index contributed by atoms with van der Waals surface area (Å²) in [6, 6.07) is 0. The minimum atomic E-state index is -2.18. The molecular formula is C29H47F5O4. The Kier molecular flexibility index (Phi) is 18.0. The number of benzene rings is 1. The van der Waals surface area contributed by atoms with Crippen LogP contribution in [0.1, 0.15) is 110 Å². The van der Waals surface area contributed by atoms with Crippen LogP contribution >= 0.6 is 0 Å². The Morgan fingerprint density at radius 2 is 0.974 bits per heavy atom.